The van der Waals surface area contributed by atoms with E-state index in [1.54, 1.807) is 16.4 Å². The fraction of sp³-hybridized carbons (Fsp3) is 0.455. The number of nitrogens with one attached hydrogen (secondary N) is 1. The van der Waals surface area contributed by atoms with Crippen LogP contribution in [0.3, 0.4) is 0 Å². The van der Waals surface area contributed by atoms with Gasteiger partial charge in [0.15, 0.2) is 0 Å². The maximum absolute atomic E-state index is 12.4. The van der Waals surface area contributed by atoms with Crippen molar-refractivity contribution in [1.82, 2.24) is 9.62 Å². The fourth-order valence-corrected chi connectivity index (χ4v) is 4.05. The number of hydrogen-bond donors (Lipinski definition) is 1. The molecule has 0 atom stereocenters. The van der Waals surface area contributed by atoms with Gasteiger partial charge in [-0.2, -0.15) is 4.31 Å². The van der Waals surface area contributed by atoms with Crippen molar-refractivity contribution in [3.8, 4) is 0 Å². The highest BCUT2D eigenvalue weighted by Crippen LogP contribution is 2.23. The standard InChI is InChI=1S/C11H15BrN2O2S.ClH/c1-9-8-10(12)2-3-11(9)17(15,16)14-6-4-13-5-7-14;/h2-3,8,13H,4-7H2,1H3;1H. The van der Waals surface area contributed by atoms with Gasteiger partial charge in [-0.25, -0.2) is 8.42 Å². The van der Waals surface area contributed by atoms with Crippen LogP contribution in [-0.2, 0) is 10.0 Å². The molecule has 7 heteroatoms. The van der Waals surface area contributed by atoms with Gasteiger partial charge >= 0.3 is 0 Å². The van der Waals surface area contributed by atoms with E-state index < -0.39 is 10.0 Å². The molecule has 0 amide bonds. The highest BCUT2D eigenvalue weighted by atomic mass is 79.9. The monoisotopic (exact) mass is 354 g/mol. The van der Waals surface area contributed by atoms with Crippen LogP contribution < -0.4 is 5.32 Å². The lowest BCUT2D eigenvalue weighted by Gasteiger charge is -2.27. The van der Waals surface area contributed by atoms with Gasteiger partial charge < -0.3 is 5.32 Å². The molecule has 102 valence electrons. The number of sulfonamides is 1. The Morgan fingerprint density at radius 3 is 2.44 bits per heavy atom. The molecular weight excluding hydrogens is 340 g/mol. The Kier molecular flexibility index (Phi) is 5.61. The van der Waals surface area contributed by atoms with Crippen molar-refractivity contribution >= 4 is 38.4 Å². The Bertz CT molecular complexity index is 516. The first kappa shape index (κ1) is 15.9. The first-order valence-corrected chi connectivity index (χ1v) is 7.72. The van der Waals surface area contributed by atoms with Gasteiger partial charge in [-0.3, -0.25) is 0 Å². The molecule has 1 fully saturated rings. The highest BCUT2D eigenvalue weighted by molar-refractivity contribution is 9.10. The lowest BCUT2D eigenvalue weighted by Crippen LogP contribution is -2.46. The molecule has 1 aromatic rings. The normalized spacial score (nSPS) is 17.2. The Labute approximate surface area is 122 Å². The quantitative estimate of drug-likeness (QED) is 0.879. The molecule has 0 saturated carbocycles. The van der Waals surface area contributed by atoms with Crippen LogP contribution in [0.1, 0.15) is 5.56 Å². The molecule has 1 saturated heterocycles. The lowest BCUT2D eigenvalue weighted by atomic mass is 10.2. The van der Waals surface area contributed by atoms with E-state index in [1.165, 1.54) is 0 Å². The van der Waals surface area contributed by atoms with Gasteiger partial charge in [0.1, 0.15) is 0 Å². The van der Waals surface area contributed by atoms with Gasteiger partial charge in [0, 0.05) is 30.7 Å². The average molecular weight is 356 g/mol. The van der Waals surface area contributed by atoms with Gasteiger partial charge in [-0.05, 0) is 30.7 Å². The number of halogens is 2. The van der Waals surface area contributed by atoms with Crippen molar-refractivity contribution in [2.24, 2.45) is 0 Å². The SMILES string of the molecule is Cc1cc(Br)ccc1S(=O)(=O)N1CCNCC1.Cl. The predicted octanol–water partition coefficient (Wildman–Crippen LogP) is 1.77. The second-order valence-corrected chi connectivity index (χ2v) is 6.89. The summed E-state index contributed by atoms with van der Waals surface area (Å²) in [5.41, 5.74) is 0.776. The van der Waals surface area contributed by atoms with E-state index in [0.717, 1.165) is 23.1 Å². The van der Waals surface area contributed by atoms with Crippen LogP contribution in [-0.4, -0.2) is 38.9 Å². The average Bonchev–Trinajstić information content (AvgIpc) is 2.29. The van der Waals surface area contributed by atoms with Crippen molar-refractivity contribution in [3.63, 3.8) is 0 Å². The van der Waals surface area contributed by atoms with E-state index in [2.05, 4.69) is 21.2 Å². The van der Waals surface area contributed by atoms with E-state index in [4.69, 9.17) is 0 Å². The first-order chi connectivity index (χ1) is 8.01. The first-order valence-electron chi connectivity index (χ1n) is 5.49. The van der Waals surface area contributed by atoms with Crippen LogP contribution in [0.15, 0.2) is 27.6 Å². The summed E-state index contributed by atoms with van der Waals surface area (Å²) in [5, 5.41) is 3.15. The third kappa shape index (κ3) is 3.24. The van der Waals surface area contributed by atoms with E-state index in [1.807, 2.05) is 13.0 Å². The molecule has 1 heterocycles. The maximum Gasteiger partial charge on any atom is 0.243 e. The third-order valence-electron chi connectivity index (χ3n) is 2.83. The summed E-state index contributed by atoms with van der Waals surface area (Å²) in [5.74, 6) is 0. The highest BCUT2D eigenvalue weighted by Gasteiger charge is 2.26. The number of aryl methyl sites for hydroxylation is 1. The van der Waals surface area contributed by atoms with Crippen LogP contribution in [0, 0.1) is 6.92 Å². The Morgan fingerprint density at radius 1 is 1.28 bits per heavy atom. The Morgan fingerprint density at radius 2 is 1.89 bits per heavy atom. The number of rotatable bonds is 2. The summed E-state index contributed by atoms with van der Waals surface area (Å²) < 4.78 is 27.2. The summed E-state index contributed by atoms with van der Waals surface area (Å²) in [7, 11) is -3.34. The molecule has 0 aromatic heterocycles. The summed E-state index contributed by atoms with van der Waals surface area (Å²) in [6.07, 6.45) is 0. The molecular formula is C11H16BrClN2O2S. The van der Waals surface area contributed by atoms with E-state index in [0.29, 0.717) is 18.0 Å². The second-order valence-electron chi connectivity index (χ2n) is 4.06. The molecule has 0 aliphatic carbocycles. The molecule has 1 aliphatic rings. The molecule has 0 bridgehead atoms. The van der Waals surface area contributed by atoms with Crippen molar-refractivity contribution in [3.05, 3.63) is 28.2 Å². The van der Waals surface area contributed by atoms with Gasteiger partial charge in [-0.1, -0.05) is 15.9 Å². The fourth-order valence-electron chi connectivity index (χ4n) is 1.93. The molecule has 0 unspecified atom stereocenters. The number of nitrogens with zero attached hydrogens (tertiary/aromatic N) is 1. The third-order valence-corrected chi connectivity index (χ3v) is 5.38. The zero-order valence-electron chi connectivity index (χ0n) is 10.0. The topological polar surface area (TPSA) is 49.4 Å². The van der Waals surface area contributed by atoms with Gasteiger partial charge in [-0.15, -0.1) is 12.4 Å². The van der Waals surface area contributed by atoms with Crippen molar-refractivity contribution in [2.45, 2.75) is 11.8 Å². The zero-order valence-corrected chi connectivity index (χ0v) is 13.2. The molecule has 4 nitrogen and oxygen atoms in total. The number of piperazine rings is 1. The smallest absolute Gasteiger partial charge is 0.243 e. The van der Waals surface area contributed by atoms with E-state index in [9.17, 15) is 8.42 Å². The second kappa shape index (κ2) is 6.34. The molecule has 1 aliphatic heterocycles. The van der Waals surface area contributed by atoms with Gasteiger partial charge in [0.05, 0.1) is 4.90 Å². The minimum Gasteiger partial charge on any atom is -0.314 e. The minimum absolute atomic E-state index is 0. The summed E-state index contributed by atoms with van der Waals surface area (Å²) in [4.78, 5) is 0.405. The van der Waals surface area contributed by atoms with Crippen LogP contribution in [0.5, 0.6) is 0 Å². The van der Waals surface area contributed by atoms with E-state index in [-0.39, 0.29) is 12.4 Å². The van der Waals surface area contributed by atoms with Gasteiger partial charge in [0.25, 0.3) is 0 Å². The van der Waals surface area contributed by atoms with Crippen LogP contribution >= 0.6 is 28.3 Å². The van der Waals surface area contributed by atoms with Crippen LogP contribution in [0.4, 0.5) is 0 Å². The van der Waals surface area contributed by atoms with Crippen molar-refractivity contribution < 1.29 is 8.42 Å². The molecule has 1 aromatic carbocycles. The largest absolute Gasteiger partial charge is 0.314 e. The predicted molar refractivity (Wildman–Crippen MR) is 77.8 cm³/mol. The molecule has 0 radical (unpaired) electrons. The zero-order chi connectivity index (χ0) is 12.5. The maximum atomic E-state index is 12.4. The summed E-state index contributed by atoms with van der Waals surface area (Å²) in [6.45, 7) is 4.33. The Balaban J connectivity index is 0.00000162. The number of hydrogen-bond acceptors (Lipinski definition) is 3. The minimum atomic E-state index is -3.34. The van der Waals surface area contributed by atoms with Crippen LogP contribution in [0.2, 0.25) is 0 Å². The lowest BCUT2D eigenvalue weighted by molar-refractivity contribution is 0.360. The molecule has 0 spiro atoms. The van der Waals surface area contributed by atoms with Crippen LogP contribution in [0.25, 0.3) is 0 Å². The molecule has 18 heavy (non-hydrogen) atoms. The van der Waals surface area contributed by atoms with E-state index >= 15 is 0 Å². The summed E-state index contributed by atoms with van der Waals surface area (Å²) in [6, 6.07) is 5.26. The summed E-state index contributed by atoms with van der Waals surface area (Å²) >= 11 is 3.34. The molecule has 1 N–H and O–H groups in total. The Hall–Kier alpha value is -0.140. The number of benzene rings is 1. The van der Waals surface area contributed by atoms with Crippen molar-refractivity contribution in [2.75, 3.05) is 26.2 Å². The molecule has 2 rings (SSSR count). The van der Waals surface area contributed by atoms with Crippen molar-refractivity contribution in [1.29, 1.82) is 0 Å². The van der Waals surface area contributed by atoms with Gasteiger partial charge in [0.2, 0.25) is 10.0 Å².